The van der Waals surface area contributed by atoms with Crippen LogP contribution in [0.2, 0.25) is 0 Å². The van der Waals surface area contributed by atoms with Crippen LogP contribution in [0.5, 0.6) is 28.9 Å². The van der Waals surface area contributed by atoms with Crippen LogP contribution in [-0.2, 0) is 16.0 Å². The van der Waals surface area contributed by atoms with Crippen molar-refractivity contribution in [1.29, 1.82) is 0 Å². The quantitative estimate of drug-likeness (QED) is 0.445. The van der Waals surface area contributed by atoms with E-state index < -0.39 is 12.1 Å². The first-order chi connectivity index (χ1) is 18.0. The van der Waals surface area contributed by atoms with Crippen molar-refractivity contribution in [1.82, 2.24) is 4.98 Å². The van der Waals surface area contributed by atoms with Crippen molar-refractivity contribution in [2.75, 3.05) is 19.8 Å². The Labute approximate surface area is 212 Å². The van der Waals surface area contributed by atoms with Gasteiger partial charge in [-0.2, -0.15) is 0 Å². The number of carbonyl (C=O) groups is 1. The molecule has 3 atom stereocenters. The second-order valence-corrected chi connectivity index (χ2v) is 9.42. The Morgan fingerprint density at radius 3 is 2.84 bits per heavy atom. The number of aliphatic carboxylic acids is 1. The summed E-state index contributed by atoms with van der Waals surface area (Å²) in [6, 6.07) is 11.9. The topological polar surface area (TPSA) is 96.3 Å². The van der Waals surface area contributed by atoms with Gasteiger partial charge in [-0.25, -0.2) is 9.37 Å². The number of carboxylic acid groups (broad SMARTS) is 1. The molecule has 1 N–H and O–H groups in total. The molecule has 0 saturated carbocycles. The largest absolute Gasteiger partial charge is 0.492 e. The molecule has 6 rings (SSSR count). The van der Waals surface area contributed by atoms with Gasteiger partial charge in [-0.1, -0.05) is 6.07 Å². The summed E-state index contributed by atoms with van der Waals surface area (Å²) >= 11 is 0. The van der Waals surface area contributed by atoms with E-state index in [0.717, 1.165) is 17.5 Å². The van der Waals surface area contributed by atoms with Gasteiger partial charge in [0.1, 0.15) is 41.0 Å². The molecular formula is C28H26FNO7. The SMILES string of the molecule is O=C(O)CC1COc2cc(OC3CCc4c(Oc5ccnc(OC6CCOC6)c5)ccc(F)c43)ccc21. The van der Waals surface area contributed by atoms with E-state index in [1.165, 1.54) is 6.07 Å². The highest BCUT2D eigenvalue weighted by molar-refractivity contribution is 5.68. The molecule has 1 aromatic heterocycles. The van der Waals surface area contributed by atoms with E-state index in [1.807, 2.05) is 6.07 Å². The minimum atomic E-state index is -0.864. The number of carboxylic acids is 1. The molecule has 9 heteroatoms. The van der Waals surface area contributed by atoms with Crippen LogP contribution in [0, 0.1) is 5.82 Å². The smallest absolute Gasteiger partial charge is 0.304 e. The molecule has 192 valence electrons. The number of aromatic nitrogens is 1. The third-order valence-electron chi connectivity index (χ3n) is 6.91. The molecule has 3 heterocycles. The number of ether oxygens (including phenoxy) is 5. The van der Waals surface area contributed by atoms with Gasteiger partial charge >= 0.3 is 5.97 Å². The summed E-state index contributed by atoms with van der Waals surface area (Å²) in [5.41, 5.74) is 2.10. The van der Waals surface area contributed by atoms with Crippen LogP contribution in [-0.4, -0.2) is 42.0 Å². The summed E-state index contributed by atoms with van der Waals surface area (Å²) in [6.45, 7) is 1.54. The summed E-state index contributed by atoms with van der Waals surface area (Å²) in [5.74, 6) is 1.34. The number of halogens is 1. The first-order valence-electron chi connectivity index (χ1n) is 12.4. The molecule has 0 bridgehead atoms. The Balaban J connectivity index is 1.19. The predicted molar refractivity (Wildman–Crippen MR) is 129 cm³/mol. The van der Waals surface area contributed by atoms with Gasteiger partial charge in [0, 0.05) is 47.4 Å². The maximum atomic E-state index is 15.0. The van der Waals surface area contributed by atoms with Gasteiger partial charge in [-0.3, -0.25) is 4.79 Å². The predicted octanol–water partition coefficient (Wildman–Crippen LogP) is 5.20. The van der Waals surface area contributed by atoms with Gasteiger partial charge in [-0.05, 0) is 37.1 Å². The second kappa shape index (κ2) is 9.89. The standard InChI is InChI=1S/C28H26FNO7/c29-22-4-6-23(35-18-7-9-30-26(13-18)37-19-8-10-33-15-19)21-3-5-24(28(21)22)36-17-1-2-20-16(11-27(31)32)14-34-25(20)12-17/h1-2,4,6-7,9,12-13,16,19,24H,3,5,8,10-11,14-15H2,(H,31,32). The highest BCUT2D eigenvalue weighted by Gasteiger charge is 2.32. The van der Waals surface area contributed by atoms with Gasteiger partial charge in [0.05, 0.1) is 26.2 Å². The van der Waals surface area contributed by atoms with Gasteiger partial charge in [0.25, 0.3) is 0 Å². The van der Waals surface area contributed by atoms with Crippen LogP contribution in [0.4, 0.5) is 4.39 Å². The number of rotatable bonds is 8. The van der Waals surface area contributed by atoms with Gasteiger partial charge < -0.3 is 28.8 Å². The Hall–Kier alpha value is -3.85. The zero-order chi connectivity index (χ0) is 25.4. The lowest BCUT2D eigenvalue weighted by molar-refractivity contribution is -0.137. The summed E-state index contributed by atoms with van der Waals surface area (Å²) in [5, 5.41) is 9.11. The lowest BCUT2D eigenvalue weighted by atomic mass is 9.98. The molecule has 3 unspecified atom stereocenters. The summed E-state index contributed by atoms with van der Waals surface area (Å²) in [6.07, 6.45) is 3.14. The van der Waals surface area contributed by atoms with Crippen LogP contribution in [0.25, 0.3) is 0 Å². The number of fused-ring (bicyclic) bond motifs is 2. The van der Waals surface area contributed by atoms with E-state index in [1.54, 1.807) is 36.5 Å². The van der Waals surface area contributed by atoms with Crippen LogP contribution < -0.4 is 18.9 Å². The minimum Gasteiger partial charge on any atom is -0.492 e. The first kappa shape index (κ1) is 23.5. The van der Waals surface area contributed by atoms with Gasteiger partial charge in [0.2, 0.25) is 5.88 Å². The van der Waals surface area contributed by atoms with Crippen molar-refractivity contribution in [3.05, 3.63) is 71.2 Å². The fourth-order valence-electron chi connectivity index (χ4n) is 5.15. The van der Waals surface area contributed by atoms with E-state index in [4.69, 9.17) is 28.8 Å². The summed E-state index contributed by atoms with van der Waals surface area (Å²) < 4.78 is 44.2. The Kier molecular flexibility index (Phi) is 6.30. The van der Waals surface area contributed by atoms with Crippen molar-refractivity contribution in [3.8, 4) is 28.9 Å². The van der Waals surface area contributed by atoms with Crippen molar-refractivity contribution in [3.63, 3.8) is 0 Å². The molecule has 1 saturated heterocycles. The number of nitrogens with zero attached hydrogens (tertiary/aromatic N) is 1. The monoisotopic (exact) mass is 507 g/mol. The summed E-state index contributed by atoms with van der Waals surface area (Å²) in [7, 11) is 0. The zero-order valence-electron chi connectivity index (χ0n) is 20.0. The molecule has 2 aromatic carbocycles. The third-order valence-corrected chi connectivity index (χ3v) is 6.91. The Morgan fingerprint density at radius 2 is 2.00 bits per heavy atom. The molecule has 0 amide bonds. The van der Waals surface area contributed by atoms with Crippen LogP contribution in [0.3, 0.4) is 0 Å². The highest BCUT2D eigenvalue weighted by atomic mass is 19.1. The van der Waals surface area contributed by atoms with E-state index in [0.29, 0.717) is 67.1 Å². The fraction of sp³-hybridized carbons (Fsp3) is 0.357. The highest BCUT2D eigenvalue weighted by Crippen LogP contribution is 2.44. The van der Waals surface area contributed by atoms with Crippen LogP contribution >= 0.6 is 0 Å². The Bertz CT molecular complexity index is 1320. The fourth-order valence-corrected chi connectivity index (χ4v) is 5.15. The van der Waals surface area contributed by atoms with E-state index >= 15 is 0 Å². The first-order valence-corrected chi connectivity index (χ1v) is 12.4. The number of hydrogen-bond acceptors (Lipinski definition) is 7. The number of pyridine rings is 1. The number of hydrogen-bond donors (Lipinski definition) is 1. The van der Waals surface area contributed by atoms with E-state index in [2.05, 4.69) is 4.98 Å². The molecule has 1 aliphatic carbocycles. The average molecular weight is 508 g/mol. The van der Waals surface area contributed by atoms with Crippen molar-refractivity contribution in [2.24, 2.45) is 0 Å². The molecule has 1 fully saturated rings. The van der Waals surface area contributed by atoms with Gasteiger partial charge in [0.15, 0.2) is 0 Å². The zero-order valence-corrected chi connectivity index (χ0v) is 20.0. The lowest BCUT2D eigenvalue weighted by Gasteiger charge is -2.17. The van der Waals surface area contributed by atoms with Crippen LogP contribution in [0.1, 0.15) is 48.0 Å². The van der Waals surface area contributed by atoms with Crippen molar-refractivity contribution >= 4 is 5.97 Å². The minimum absolute atomic E-state index is 0.0112. The molecule has 37 heavy (non-hydrogen) atoms. The maximum Gasteiger partial charge on any atom is 0.304 e. The molecular weight excluding hydrogens is 481 g/mol. The van der Waals surface area contributed by atoms with Gasteiger partial charge in [-0.15, -0.1) is 0 Å². The Morgan fingerprint density at radius 1 is 1.08 bits per heavy atom. The lowest BCUT2D eigenvalue weighted by Crippen LogP contribution is -2.16. The number of benzene rings is 2. The maximum absolute atomic E-state index is 15.0. The summed E-state index contributed by atoms with van der Waals surface area (Å²) in [4.78, 5) is 15.4. The second-order valence-electron chi connectivity index (χ2n) is 9.42. The molecule has 0 spiro atoms. The van der Waals surface area contributed by atoms with E-state index in [-0.39, 0.29) is 24.3 Å². The normalized spacial score (nSPS) is 21.7. The molecule has 3 aliphatic rings. The third kappa shape index (κ3) is 4.91. The molecule has 0 radical (unpaired) electrons. The van der Waals surface area contributed by atoms with Crippen molar-refractivity contribution in [2.45, 2.75) is 43.8 Å². The molecule has 2 aliphatic heterocycles. The van der Waals surface area contributed by atoms with Crippen molar-refractivity contribution < 1.29 is 38.0 Å². The average Bonchev–Trinajstić information content (AvgIpc) is 3.63. The molecule has 3 aromatic rings. The van der Waals surface area contributed by atoms with Crippen LogP contribution in [0.15, 0.2) is 48.7 Å². The van der Waals surface area contributed by atoms with E-state index in [9.17, 15) is 9.18 Å². The molecule has 8 nitrogen and oxygen atoms in total.